The number of pyridine rings is 1. The Hall–Kier alpha value is -2.70. The molecule has 1 aliphatic heterocycles. The van der Waals surface area contributed by atoms with E-state index in [0.29, 0.717) is 24.7 Å². The molecule has 5 nitrogen and oxygen atoms in total. The molecule has 0 radical (unpaired) electrons. The summed E-state index contributed by atoms with van der Waals surface area (Å²) in [4.78, 5) is 20.7. The average Bonchev–Trinajstić information content (AvgIpc) is 2.76. The first-order chi connectivity index (χ1) is 15.0. The van der Waals surface area contributed by atoms with Crippen LogP contribution in [0.2, 0.25) is 5.02 Å². The van der Waals surface area contributed by atoms with Gasteiger partial charge in [0.2, 0.25) is 5.91 Å². The Labute approximate surface area is 186 Å². The van der Waals surface area contributed by atoms with Crippen molar-refractivity contribution in [2.24, 2.45) is 0 Å². The number of aromatic nitrogens is 1. The van der Waals surface area contributed by atoms with Crippen molar-refractivity contribution < 1.29 is 9.18 Å². The first-order valence-corrected chi connectivity index (χ1v) is 10.9. The molecule has 1 aromatic heterocycles. The van der Waals surface area contributed by atoms with Crippen molar-refractivity contribution in [2.45, 2.75) is 19.9 Å². The first kappa shape index (κ1) is 21.5. The van der Waals surface area contributed by atoms with Gasteiger partial charge in [-0.05, 0) is 48.9 Å². The number of benzene rings is 2. The molecule has 1 fully saturated rings. The van der Waals surface area contributed by atoms with E-state index in [1.807, 2.05) is 29.2 Å². The molecular weight excluding hydrogens is 415 g/mol. The molecule has 1 aliphatic rings. The summed E-state index contributed by atoms with van der Waals surface area (Å²) in [5.74, 6) is 0.829. The lowest BCUT2D eigenvalue weighted by molar-refractivity contribution is -0.129. The van der Waals surface area contributed by atoms with E-state index < -0.39 is 0 Å². The minimum absolute atomic E-state index is 0.108. The highest BCUT2D eigenvalue weighted by Gasteiger charge is 2.22. The van der Waals surface area contributed by atoms with Crippen molar-refractivity contribution in [3.05, 3.63) is 70.5 Å². The SMILES string of the molecule is CC(=O)N1CCN(c2nc3cc(Cl)ccc3cc2CNCCc2cccc(F)c2)CC1. The van der Waals surface area contributed by atoms with Crippen molar-refractivity contribution >= 4 is 34.2 Å². The van der Waals surface area contributed by atoms with Crippen molar-refractivity contribution in [3.63, 3.8) is 0 Å². The zero-order valence-corrected chi connectivity index (χ0v) is 18.3. The molecule has 2 aromatic carbocycles. The van der Waals surface area contributed by atoms with Crippen LogP contribution < -0.4 is 10.2 Å². The summed E-state index contributed by atoms with van der Waals surface area (Å²) < 4.78 is 13.4. The molecule has 1 saturated heterocycles. The van der Waals surface area contributed by atoms with Gasteiger partial charge in [0.05, 0.1) is 5.52 Å². The van der Waals surface area contributed by atoms with Crippen molar-refractivity contribution in [1.82, 2.24) is 15.2 Å². The van der Waals surface area contributed by atoms with E-state index in [2.05, 4.69) is 16.3 Å². The fourth-order valence-electron chi connectivity index (χ4n) is 3.96. The van der Waals surface area contributed by atoms with Crippen LogP contribution in [0.5, 0.6) is 0 Å². The molecule has 2 heterocycles. The third-order valence-electron chi connectivity index (χ3n) is 5.66. The second-order valence-electron chi connectivity index (χ2n) is 7.86. The molecule has 0 bridgehead atoms. The quantitative estimate of drug-likeness (QED) is 0.588. The van der Waals surface area contributed by atoms with Gasteiger partial charge in [-0.1, -0.05) is 29.8 Å². The number of nitrogens with one attached hydrogen (secondary N) is 1. The lowest BCUT2D eigenvalue weighted by Crippen LogP contribution is -2.48. The number of fused-ring (bicyclic) bond motifs is 1. The molecule has 0 atom stereocenters. The van der Waals surface area contributed by atoms with Crippen LogP contribution in [0.4, 0.5) is 10.2 Å². The average molecular weight is 441 g/mol. The Morgan fingerprint density at radius 3 is 2.68 bits per heavy atom. The van der Waals surface area contributed by atoms with Crippen LogP contribution in [-0.2, 0) is 17.8 Å². The summed E-state index contributed by atoms with van der Waals surface area (Å²) in [7, 11) is 0. The predicted octanol–water partition coefficient (Wildman–Crippen LogP) is 4.03. The Morgan fingerprint density at radius 1 is 1.13 bits per heavy atom. The first-order valence-electron chi connectivity index (χ1n) is 10.5. The van der Waals surface area contributed by atoms with Crippen LogP contribution >= 0.6 is 11.6 Å². The van der Waals surface area contributed by atoms with Gasteiger partial charge in [-0.3, -0.25) is 4.79 Å². The molecule has 0 unspecified atom stereocenters. The maximum Gasteiger partial charge on any atom is 0.219 e. The van der Waals surface area contributed by atoms with E-state index in [1.54, 1.807) is 19.1 Å². The maximum absolute atomic E-state index is 13.4. The number of carbonyl (C=O) groups is 1. The second-order valence-corrected chi connectivity index (χ2v) is 8.29. The van der Waals surface area contributed by atoms with Gasteiger partial charge in [0, 0.05) is 55.6 Å². The van der Waals surface area contributed by atoms with Crippen molar-refractivity contribution in [3.8, 4) is 0 Å². The number of halogens is 2. The Bertz CT molecular complexity index is 1080. The lowest BCUT2D eigenvalue weighted by Gasteiger charge is -2.36. The van der Waals surface area contributed by atoms with Crippen molar-refractivity contribution in [1.29, 1.82) is 0 Å². The monoisotopic (exact) mass is 440 g/mol. The van der Waals surface area contributed by atoms with E-state index in [4.69, 9.17) is 16.6 Å². The van der Waals surface area contributed by atoms with Gasteiger partial charge in [0.1, 0.15) is 11.6 Å². The number of amides is 1. The number of hydrogen-bond acceptors (Lipinski definition) is 4. The Balaban J connectivity index is 1.51. The summed E-state index contributed by atoms with van der Waals surface area (Å²) in [6, 6.07) is 14.6. The topological polar surface area (TPSA) is 48.5 Å². The third kappa shape index (κ3) is 5.32. The molecule has 1 amide bonds. The summed E-state index contributed by atoms with van der Waals surface area (Å²) in [6.45, 7) is 5.88. The van der Waals surface area contributed by atoms with Gasteiger partial charge in [-0.15, -0.1) is 0 Å². The zero-order chi connectivity index (χ0) is 21.8. The number of nitrogens with zero attached hydrogens (tertiary/aromatic N) is 3. The lowest BCUT2D eigenvalue weighted by atomic mass is 10.1. The highest BCUT2D eigenvalue weighted by atomic mass is 35.5. The fraction of sp³-hybridized carbons (Fsp3) is 0.333. The number of hydrogen-bond donors (Lipinski definition) is 1. The number of carbonyl (C=O) groups excluding carboxylic acids is 1. The van der Waals surface area contributed by atoms with Crippen molar-refractivity contribution in [2.75, 3.05) is 37.6 Å². The van der Waals surface area contributed by atoms with E-state index in [1.165, 1.54) is 6.07 Å². The van der Waals surface area contributed by atoms with E-state index in [9.17, 15) is 9.18 Å². The van der Waals surface area contributed by atoms with Crippen LogP contribution in [-0.4, -0.2) is 48.5 Å². The summed E-state index contributed by atoms with van der Waals surface area (Å²) >= 11 is 6.19. The molecule has 0 spiro atoms. The molecule has 1 N–H and O–H groups in total. The van der Waals surface area contributed by atoms with Gasteiger partial charge < -0.3 is 15.1 Å². The summed E-state index contributed by atoms with van der Waals surface area (Å²) in [6.07, 6.45) is 0.751. The van der Waals surface area contributed by atoms with E-state index in [0.717, 1.165) is 53.9 Å². The molecule has 0 aliphatic carbocycles. The van der Waals surface area contributed by atoms with Gasteiger partial charge in [0.25, 0.3) is 0 Å². The second kappa shape index (κ2) is 9.62. The number of piperazine rings is 1. The third-order valence-corrected chi connectivity index (χ3v) is 5.89. The summed E-state index contributed by atoms with van der Waals surface area (Å²) in [5.41, 5.74) is 2.93. The Morgan fingerprint density at radius 2 is 1.94 bits per heavy atom. The molecule has 0 saturated carbocycles. The molecular formula is C24H26ClFN4O. The van der Waals surface area contributed by atoms with Gasteiger partial charge >= 0.3 is 0 Å². The van der Waals surface area contributed by atoms with E-state index >= 15 is 0 Å². The molecule has 162 valence electrons. The Kier molecular flexibility index (Phi) is 6.68. The van der Waals surface area contributed by atoms with Crippen LogP contribution in [0.1, 0.15) is 18.1 Å². The largest absolute Gasteiger partial charge is 0.353 e. The van der Waals surface area contributed by atoms with Gasteiger partial charge in [-0.2, -0.15) is 0 Å². The smallest absolute Gasteiger partial charge is 0.219 e. The minimum atomic E-state index is -0.207. The standard InChI is InChI=1S/C24H26ClFN4O/c1-17(31)29-9-11-30(12-10-29)24-20(14-19-5-6-21(25)15-23(19)28-24)16-27-8-7-18-3-2-4-22(26)13-18/h2-6,13-15,27H,7-12,16H2,1H3. The van der Waals surface area contributed by atoms with Crippen LogP contribution in [0, 0.1) is 5.82 Å². The predicted molar refractivity (Wildman–Crippen MR) is 123 cm³/mol. The highest BCUT2D eigenvalue weighted by molar-refractivity contribution is 6.31. The van der Waals surface area contributed by atoms with Crippen LogP contribution in [0.3, 0.4) is 0 Å². The molecule has 3 aromatic rings. The maximum atomic E-state index is 13.4. The summed E-state index contributed by atoms with van der Waals surface area (Å²) in [5, 5.41) is 5.17. The normalized spacial score (nSPS) is 14.3. The number of rotatable bonds is 6. The number of anilines is 1. The van der Waals surface area contributed by atoms with Gasteiger partial charge in [0.15, 0.2) is 0 Å². The highest BCUT2D eigenvalue weighted by Crippen LogP contribution is 2.26. The minimum Gasteiger partial charge on any atom is -0.353 e. The van der Waals surface area contributed by atoms with E-state index in [-0.39, 0.29) is 11.7 Å². The molecule has 4 rings (SSSR count). The molecule has 31 heavy (non-hydrogen) atoms. The zero-order valence-electron chi connectivity index (χ0n) is 17.6. The van der Waals surface area contributed by atoms with Gasteiger partial charge in [-0.25, -0.2) is 9.37 Å². The van der Waals surface area contributed by atoms with Crippen LogP contribution in [0.25, 0.3) is 10.9 Å². The molecule has 7 heteroatoms. The fourth-order valence-corrected chi connectivity index (χ4v) is 4.13. The van der Waals surface area contributed by atoms with Crippen LogP contribution in [0.15, 0.2) is 48.5 Å².